The third-order valence-electron chi connectivity index (χ3n) is 3.21. The number of rotatable bonds is 3. The molecule has 16 heavy (non-hydrogen) atoms. The molecule has 1 aliphatic heterocycles. The van der Waals surface area contributed by atoms with E-state index in [1.165, 1.54) is 0 Å². The van der Waals surface area contributed by atoms with Gasteiger partial charge in [0.1, 0.15) is 0 Å². The summed E-state index contributed by atoms with van der Waals surface area (Å²) in [5, 5.41) is 11.0. The lowest BCUT2D eigenvalue weighted by Crippen LogP contribution is -2.42. The zero-order chi connectivity index (χ0) is 11.5. The van der Waals surface area contributed by atoms with Crippen LogP contribution in [0, 0.1) is 5.92 Å². The van der Waals surface area contributed by atoms with Gasteiger partial charge in [-0.25, -0.2) is 4.98 Å². The van der Waals surface area contributed by atoms with Crippen LogP contribution in [0.1, 0.15) is 25.5 Å². The molecule has 2 heterocycles. The van der Waals surface area contributed by atoms with Crippen LogP contribution in [0.3, 0.4) is 0 Å². The molecule has 0 bridgehead atoms. The molecule has 2 rings (SSSR count). The third kappa shape index (κ3) is 2.59. The molecular formula is C11H16N2O2S. The fraction of sp³-hybridized carbons (Fsp3) is 0.636. The Hall–Kier alpha value is -0.940. The summed E-state index contributed by atoms with van der Waals surface area (Å²) in [6.07, 6.45) is 1.50. The minimum absolute atomic E-state index is 0.165. The van der Waals surface area contributed by atoms with Crippen LogP contribution in [0.4, 0.5) is 0 Å². The Morgan fingerprint density at radius 2 is 2.56 bits per heavy atom. The van der Waals surface area contributed by atoms with E-state index >= 15 is 0 Å². The second kappa shape index (κ2) is 4.93. The second-order valence-electron chi connectivity index (χ2n) is 4.36. The Kier molecular flexibility index (Phi) is 3.56. The predicted octanol–water partition coefficient (Wildman–Crippen LogP) is 1.83. The molecule has 2 atom stereocenters. The molecule has 0 amide bonds. The molecule has 0 aromatic carbocycles. The maximum absolute atomic E-state index is 10.9. The van der Waals surface area contributed by atoms with Gasteiger partial charge in [0.25, 0.3) is 0 Å². The highest BCUT2D eigenvalue weighted by atomic mass is 32.1. The van der Waals surface area contributed by atoms with Gasteiger partial charge in [0.15, 0.2) is 0 Å². The summed E-state index contributed by atoms with van der Waals surface area (Å²) in [7, 11) is 0. The monoisotopic (exact) mass is 240 g/mol. The van der Waals surface area contributed by atoms with Gasteiger partial charge >= 0.3 is 5.97 Å². The molecule has 5 heteroatoms. The van der Waals surface area contributed by atoms with Crippen molar-refractivity contribution in [3.8, 4) is 0 Å². The van der Waals surface area contributed by atoms with Crippen molar-refractivity contribution in [3.05, 3.63) is 16.6 Å². The Labute approximate surface area is 98.9 Å². The van der Waals surface area contributed by atoms with Crippen molar-refractivity contribution in [1.29, 1.82) is 0 Å². The second-order valence-corrected chi connectivity index (χ2v) is 5.08. The topological polar surface area (TPSA) is 53.4 Å². The normalized spacial score (nSPS) is 26.8. The van der Waals surface area contributed by atoms with Crippen LogP contribution in [0.5, 0.6) is 0 Å². The molecule has 1 fully saturated rings. The Bertz CT molecular complexity index is 353. The van der Waals surface area contributed by atoms with Crippen LogP contribution in [-0.2, 0) is 11.3 Å². The molecule has 1 aromatic heterocycles. The van der Waals surface area contributed by atoms with Crippen molar-refractivity contribution < 1.29 is 9.90 Å². The van der Waals surface area contributed by atoms with Crippen LogP contribution in [0.2, 0.25) is 0 Å². The molecule has 0 aliphatic carbocycles. The van der Waals surface area contributed by atoms with Gasteiger partial charge in [-0.2, -0.15) is 0 Å². The van der Waals surface area contributed by atoms with Gasteiger partial charge in [-0.3, -0.25) is 9.69 Å². The first-order chi connectivity index (χ1) is 7.66. The van der Waals surface area contributed by atoms with Crippen LogP contribution < -0.4 is 0 Å². The summed E-state index contributed by atoms with van der Waals surface area (Å²) >= 11 is 1.60. The maximum atomic E-state index is 10.9. The summed E-state index contributed by atoms with van der Waals surface area (Å²) in [5.74, 6) is -0.818. The van der Waals surface area contributed by atoms with Gasteiger partial charge in [-0.05, 0) is 26.3 Å². The Balaban J connectivity index is 1.91. The average Bonchev–Trinajstić information content (AvgIpc) is 2.73. The summed E-state index contributed by atoms with van der Waals surface area (Å²) in [6.45, 7) is 3.80. The summed E-state index contributed by atoms with van der Waals surface area (Å²) in [4.78, 5) is 17.5. The van der Waals surface area contributed by atoms with Crippen molar-refractivity contribution in [2.45, 2.75) is 32.4 Å². The standard InChI is InChI=1S/C11H16N2O2S/c1-8-4-9(11(14)15)2-3-13(8)5-10-6-16-7-12-10/h6-9H,2-5H2,1H3,(H,14,15). The van der Waals surface area contributed by atoms with E-state index in [4.69, 9.17) is 5.11 Å². The highest BCUT2D eigenvalue weighted by Gasteiger charge is 2.29. The third-order valence-corrected chi connectivity index (χ3v) is 3.85. The molecule has 1 N–H and O–H groups in total. The highest BCUT2D eigenvalue weighted by molar-refractivity contribution is 7.07. The van der Waals surface area contributed by atoms with E-state index in [1.54, 1.807) is 11.3 Å². The van der Waals surface area contributed by atoms with Crippen molar-refractivity contribution in [3.63, 3.8) is 0 Å². The molecule has 1 aliphatic rings. The minimum Gasteiger partial charge on any atom is -0.481 e. The number of thiazole rings is 1. The Morgan fingerprint density at radius 3 is 3.12 bits per heavy atom. The van der Waals surface area contributed by atoms with Gasteiger partial charge in [0.05, 0.1) is 17.1 Å². The van der Waals surface area contributed by atoms with Crippen LogP contribution >= 0.6 is 11.3 Å². The fourth-order valence-corrected chi connectivity index (χ4v) is 2.75. The summed E-state index contributed by atoms with van der Waals surface area (Å²) in [5.41, 5.74) is 2.93. The SMILES string of the molecule is CC1CC(C(=O)O)CCN1Cc1cscn1. The van der Waals surface area contributed by atoms with Crippen molar-refractivity contribution >= 4 is 17.3 Å². The van der Waals surface area contributed by atoms with E-state index in [0.717, 1.165) is 31.6 Å². The van der Waals surface area contributed by atoms with Crippen LogP contribution in [-0.4, -0.2) is 33.5 Å². The molecule has 0 spiro atoms. The molecule has 0 saturated carbocycles. The van der Waals surface area contributed by atoms with Crippen molar-refractivity contribution in [2.24, 2.45) is 5.92 Å². The van der Waals surface area contributed by atoms with E-state index in [1.807, 2.05) is 5.51 Å². The quantitative estimate of drug-likeness (QED) is 0.875. The molecule has 1 saturated heterocycles. The van der Waals surface area contributed by atoms with Gasteiger partial charge in [0, 0.05) is 18.0 Å². The molecule has 2 unspecified atom stereocenters. The van der Waals surface area contributed by atoms with Gasteiger partial charge in [-0.1, -0.05) is 0 Å². The number of likely N-dealkylation sites (tertiary alicyclic amines) is 1. The predicted molar refractivity (Wildman–Crippen MR) is 62.3 cm³/mol. The summed E-state index contributed by atoms with van der Waals surface area (Å²) in [6, 6.07) is 0.330. The zero-order valence-corrected chi connectivity index (χ0v) is 10.1. The zero-order valence-electron chi connectivity index (χ0n) is 9.30. The number of hydrogen-bond donors (Lipinski definition) is 1. The van der Waals surface area contributed by atoms with Gasteiger partial charge < -0.3 is 5.11 Å². The number of aliphatic carboxylic acids is 1. The smallest absolute Gasteiger partial charge is 0.306 e. The van der Waals surface area contributed by atoms with Crippen LogP contribution in [0.15, 0.2) is 10.9 Å². The maximum Gasteiger partial charge on any atom is 0.306 e. The number of carboxylic acid groups (broad SMARTS) is 1. The van der Waals surface area contributed by atoms with Crippen LogP contribution in [0.25, 0.3) is 0 Å². The van der Waals surface area contributed by atoms with E-state index in [0.29, 0.717) is 6.04 Å². The fourth-order valence-electron chi connectivity index (χ4n) is 2.20. The molecule has 1 aromatic rings. The average molecular weight is 240 g/mol. The van der Waals surface area contributed by atoms with Gasteiger partial charge in [0.2, 0.25) is 0 Å². The van der Waals surface area contributed by atoms with Gasteiger partial charge in [-0.15, -0.1) is 11.3 Å². The molecule has 4 nitrogen and oxygen atoms in total. The Morgan fingerprint density at radius 1 is 1.75 bits per heavy atom. The van der Waals surface area contributed by atoms with E-state index in [-0.39, 0.29) is 5.92 Å². The molecular weight excluding hydrogens is 224 g/mol. The number of piperidine rings is 1. The number of carboxylic acids is 1. The first kappa shape index (κ1) is 11.5. The van der Waals surface area contributed by atoms with E-state index in [9.17, 15) is 4.79 Å². The lowest BCUT2D eigenvalue weighted by Gasteiger charge is -2.35. The first-order valence-corrected chi connectivity index (χ1v) is 6.45. The molecule has 88 valence electrons. The number of aromatic nitrogens is 1. The van der Waals surface area contributed by atoms with Crippen molar-refractivity contribution in [2.75, 3.05) is 6.54 Å². The summed E-state index contributed by atoms with van der Waals surface area (Å²) < 4.78 is 0. The highest BCUT2D eigenvalue weighted by Crippen LogP contribution is 2.24. The van der Waals surface area contributed by atoms with E-state index < -0.39 is 5.97 Å². The minimum atomic E-state index is -0.653. The lowest BCUT2D eigenvalue weighted by molar-refractivity contribution is -0.144. The number of carbonyl (C=O) groups is 1. The number of nitrogens with zero attached hydrogens (tertiary/aromatic N) is 2. The first-order valence-electron chi connectivity index (χ1n) is 5.50. The van der Waals surface area contributed by atoms with Crippen molar-refractivity contribution in [1.82, 2.24) is 9.88 Å². The lowest BCUT2D eigenvalue weighted by atomic mass is 9.92. The number of hydrogen-bond acceptors (Lipinski definition) is 4. The molecule has 0 radical (unpaired) electrons. The van der Waals surface area contributed by atoms with E-state index in [2.05, 4.69) is 22.2 Å². The largest absolute Gasteiger partial charge is 0.481 e.